The minimum Gasteiger partial charge on any atom is -0.352 e. The van der Waals surface area contributed by atoms with Crippen LogP contribution in [-0.2, 0) is 5.66 Å². The summed E-state index contributed by atoms with van der Waals surface area (Å²) in [6, 6.07) is 36.0. The van der Waals surface area contributed by atoms with E-state index >= 15 is 0 Å². The van der Waals surface area contributed by atoms with Crippen LogP contribution in [0, 0.1) is 6.92 Å². The normalized spacial score (nSPS) is 11.5. The Bertz CT molecular complexity index is 1070. The smallest absolute Gasteiger partial charge is 0.202 e. The van der Waals surface area contributed by atoms with Crippen LogP contribution >= 0.6 is 11.6 Å². The molecule has 30 heavy (non-hydrogen) atoms. The topological polar surface area (TPSA) is 36.8 Å². The average Bonchev–Trinajstić information content (AvgIpc) is 2.80. The molecule has 148 valence electrons. The minimum atomic E-state index is -0.891. The van der Waals surface area contributed by atoms with Gasteiger partial charge in [0.15, 0.2) is 0 Å². The van der Waals surface area contributed by atoms with Crippen LogP contribution in [0.3, 0.4) is 0 Å². The quantitative estimate of drug-likeness (QED) is 0.323. The van der Waals surface area contributed by atoms with E-state index in [2.05, 4.69) is 65.9 Å². The zero-order valence-corrected chi connectivity index (χ0v) is 17.4. The van der Waals surface area contributed by atoms with Crippen LogP contribution in [0.15, 0.2) is 119 Å². The maximum Gasteiger partial charge on any atom is 0.202 e. The SMILES string of the molecule is Cc1ccc(NC(N=Nc2ccc(Cl)cc2)(c2ccccc2)c2ccccc2)cc1. The van der Waals surface area contributed by atoms with E-state index in [1.54, 1.807) is 0 Å². The number of halogens is 1. The van der Waals surface area contributed by atoms with Crippen LogP contribution in [0.5, 0.6) is 0 Å². The summed E-state index contributed by atoms with van der Waals surface area (Å²) in [5, 5.41) is 13.8. The lowest BCUT2D eigenvalue weighted by Crippen LogP contribution is -2.34. The second-order valence-electron chi connectivity index (χ2n) is 7.11. The predicted octanol–water partition coefficient (Wildman–Crippen LogP) is 7.75. The van der Waals surface area contributed by atoms with Gasteiger partial charge in [0.05, 0.1) is 5.69 Å². The number of rotatable bonds is 6. The fraction of sp³-hybridized carbons (Fsp3) is 0.0769. The van der Waals surface area contributed by atoms with Crippen LogP contribution in [0.4, 0.5) is 11.4 Å². The molecule has 0 spiro atoms. The molecule has 4 aromatic rings. The third-order valence-electron chi connectivity index (χ3n) is 4.90. The van der Waals surface area contributed by atoms with Crippen molar-refractivity contribution in [1.29, 1.82) is 0 Å². The van der Waals surface area contributed by atoms with Gasteiger partial charge in [-0.2, -0.15) is 5.11 Å². The Morgan fingerprint density at radius 1 is 0.667 bits per heavy atom. The molecule has 0 saturated carbocycles. The molecule has 0 amide bonds. The Morgan fingerprint density at radius 2 is 1.20 bits per heavy atom. The van der Waals surface area contributed by atoms with E-state index in [0.717, 1.165) is 22.5 Å². The summed E-state index contributed by atoms with van der Waals surface area (Å²) in [6.07, 6.45) is 0. The fourth-order valence-corrected chi connectivity index (χ4v) is 3.42. The predicted molar refractivity (Wildman–Crippen MR) is 124 cm³/mol. The van der Waals surface area contributed by atoms with E-state index < -0.39 is 5.66 Å². The molecule has 0 atom stereocenters. The number of anilines is 1. The Labute approximate surface area is 182 Å². The van der Waals surface area contributed by atoms with Crippen LogP contribution in [0.1, 0.15) is 16.7 Å². The second kappa shape index (κ2) is 8.93. The first-order valence-corrected chi connectivity index (χ1v) is 10.2. The van der Waals surface area contributed by atoms with Crippen molar-refractivity contribution in [2.45, 2.75) is 12.6 Å². The Balaban J connectivity index is 1.88. The highest BCUT2D eigenvalue weighted by atomic mass is 35.5. The molecule has 0 radical (unpaired) electrons. The zero-order chi connectivity index (χ0) is 20.8. The molecule has 3 nitrogen and oxygen atoms in total. The lowest BCUT2D eigenvalue weighted by Gasteiger charge is -2.32. The van der Waals surface area contributed by atoms with E-state index in [4.69, 9.17) is 16.7 Å². The van der Waals surface area contributed by atoms with Crippen molar-refractivity contribution in [3.8, 4) is 0 Å². The number of nitrogens with one attached hydrogen (secondary N) is 1. The number of nitrogens with zero attached hydrogens (tertiary/aromatic N) is 2. The third kappa shape index (κ3) is 4.42. The minimum absolute atomic E-state index is 0.670. The van der Waals surface area contributed by atoms with Crippen molar-refractivity contribution in [2.75, 3.05) is 5.32 Å². The lowest BCUT2D eigenvalue weighted by atomic mass is 9.91. The van der Waals surface area contributed by atoms with Crippen LogP contribution < -0.4 is 5.32 Å². The Kier molecular flexibility index (Phi) is 5.92. The molecule has 4 rings (SSSR count). The molecular weight excluding hydrogens is 390 g/mol. The molecule has 4 aromatic carbocycles. The summed E-state index contributed by atoms with van der Waals surface area (Å²) in [4.78, 5) is 0. The molecule has 0 unspecified atom stereocenters. The first-order chi connectivity index (χ1) is 14.7. The summed E-state index contributed by atoms with van der Waals surface area (Å²) >= 11 is 6.03. The van der Waals surface area contributed by atoms with Crippen molar-refractivity contribution < 1.29 is 0 Å². The van der Waals surface area contributed by atoms with Gasteiger partial charge >= 0.3 is 0 Å². The monoisotopic (exact) mass is 411 g/mol. The molecule has 0 aliphatic heterocycles. The molecule has 0 heterocycles. The van der Waals surface area contributed by atoms with Gasteiger partial charge in [-0.1, -0.05) is 90.0 Å². The molecule has 0 bridgehead atoms. The van der Waals surface area contributed by atoms with Gasteiger partial charge in [-0.25, -0.2) is 0 Å². The molecule has 0 fully saturated rings. The Morgan fingerprint density at radius 3 is 1.73 bits per heavy atom. The largest absolute Gasteiger partial charge is 0.352 e. The molecule has 4 heteroatoms. The standard InChI is InChI=1S/C26H22ClN3/c1-20-12-16-24(17-13-20)28-26(21-8-4-2-5-9-21,22-10-6-3-7-11-22)30-29-25-18-14-23(27)15-19-25/h2-19,28H,1H3. The average molecular weight is 412 g/mol. The van der Waals surface area contributed by atoms with Gasteiger partial charge in [0, 0.05) is 21.8 Å². The van der Waals surface area contributed by atoms with Crippen molar-refractivity contribution in [2.24, 2.45) is 10.2 Å². The van der Waals surface area contributed by atoms with Crippen LogP contribution in [0.25, 0.3) is 0 Å². The summed E-state index contributed by atoms with van der Waals surface area (Å²) in [5.41, 5.74) is 4.00. The summed E-state index contributed by atoms with van der Waals surface area (Å²) in [5.74, 6) is 0. The van der Waals surface area contributed by atoms with E-state index in [1.165, 1.54) is 5.56 Å². The van der Waals surface area contributed by atoms with E-state index in [9.17, 15) is 0 Å². The van der Waals surface area contributed by atoms with Gasteiger partial charge in [-0.3, -0.25) is 0 Å². The summed E-state index contributed by atoms with van der Waals surface area (Å²) < 4.78 is 0. The summed E-state index contributed by atoms with van der Waals surface area (Å²) in [6.45, 7) is 2.08. The number of hydrogen-bond acceptors (Lipinski definition) is 3. The molecule has 0 aromatic heterocycles. The molecule has 0 saturated heterocycles. The van der Waals surface area contributed by atoms with Gasteiger partial charge in [0.1, 0.15) is 0 Å². The maximum absolute atomic E-state index is 6.03. The first kappa shape index (κ1) is 19.9. The van der Waals surface area contributed by atoms with E-state index in [1.807, 2.05) is 60.7 Å². The fourth-order valence-electron chi connectivity index (χ4n) is 3.30. The molecule has 0 aliphatic rings. The van der Waals surface area contributed by atoms with Crippen molar-refractivity contribution in [3.05, 3.63) is 131 Å². The second-order valence-corrected chi connectivity index (χ2v) is 7.55. The van der Waals surface area contributed by atoms with E-state index in [0.29, 0.717) is 5.02 Å². The Hall–Kier alpha value is -3.43. The third-order valence-corrected chi connectivity index (χ3v) is 5.15. The van der Waals surface area contributed by atoms with Gasteiger partial charge in [0.2, 0.25) is 5.66 Å². The first-order valence-electron chi connectivity index (χ1n) is 9.80. The van der Waals surface area contributed by atoms with Gasteiger partial charge in [0.25, 0.3) is 0 Å². The molecule has 1 N–H and O–H groups in total. The number of azo groups is 1. The highest BCUT2D eigenvalue weighted by Gasteiger charge is 2.34. The van der Waals surface area contributed by atoms with Gasteiger partial charge in [-0.05, 0) is 43.3 Å². The highest BCUT2D eigenvalue weighted by Crippen LogP contribution is 2.36. The highest BCUT2D eigenvalue weighted by molar-refractivity contribution is 6.30. The number of hydrogen-bond donors (Lipinski definition) is 1. The molecular formula is C26H22ClN3. The van der Waals surface area contributed by atoms with Gasteiger partial charge < -0.3 is 5.32 Å². The number of benzene rings is 4. The van der Waals surface area contributed by atoms with Crippen molar-refractivity contribution >= 4 is 23.0 Å². The van der Waals surface area contributed by atoms with Crippen LogP contribution in [-0.4, -0.2) is 0 Å². The number of aryl methyl sites for hydroxylation is 1. The van der Waals surface area contributed by atoms with Crippen molar-refractivity contribution in [1.82, 2.24) is 0 Å². The maximum atomic E-state index is 6.03. The van der Waals surface area contributed by atoms with Crippen molar-refractivity contribution in [3.63, 3.8) is 0 Å². The van der Waals surface area contributed by atoms with E-state index in [-0.39, 0.29) is 0 Å². The molecule has 0 aliphatic carbocycles. The lowest BCUT2D eigenvalue weighted by molar-refractivity contribution is 0.590. The zero-order valence-electron chi connectivity index (χ0n) is 16.7. The summed E-state index contributed by atoms with van der Waals surface area (Å²) in [7, 11) is 0. The van der Waals surface area contributed by atoms with Crippen LogP contribution in [0.2, 0.25) is 5.02 Å². The van der Waals surface area contributed by atoms with Gasteiger partial charge in [-0.15, -0.1) is 5.11 Å².